The molecule has 0 amide bonds. The number of ether oxygens (including phenoxy) is 2. The van der Waals surface area contributed by atoms with Crippen LogP contribution in [0, 0.1) is 0 Å². The molecule has 2 aromatic rings. The van der Waals surface area contributed by atoms with Crippen LogP contribution >= 0.6 is 0 Å². The normalized spacial score (nSPS) is 16.7. The van der Waals surface area contributed by atoms with E-state index in [9.17, 15) is 5.11 Å². The summed E-state index contributed by atoms with van der Waals surface area (Å²) in [5.74, 6) is 1.49. The van der Waals surface area contributed by atoms with Crippen molar-refractivity contribution in [1.29, 1.82) is 0 Å². The van der Waals surface area contributed by atoms with Crippen LogP contribution in [0.2, 0.25) is 0 Å². The molecule has 1 N–H and O–H groups in total. The van der Waals surface area contributed by atoms with Gasteiger partial charge in [-0.05, 0) is 43.2 Å². The zero-order chi connectivity index (χ0) is 15.7. The highest BCUT2D eigenvalue weighted by Crippen LogP contribution is 2.45. The summed E-state index contributed by atoms with van der Waals surface area (Å²) in [4.78, 5) is 4.01. The van der Waals surface area contributed by atoms with Gasteiger partial charge in [-0.25, -0.2) is 0 Å². The molecule has 0 radical (unpaired) electrons. The maximum atomic E-state index is 10.7. The summed E-state index contributed by atoms with van der Waals surface area (Å²) in [6, 6.07) is 7.65. The molecule has 0 saturated heterocycles. The first kappa shape index (κ1) is 14.9. The predicted octanol–water partition coefficient (Wildman–Crippen LogP) is 3.08. The predicted molar refractivity (Wildman–Crippen MR) is 84.3 cm³/mol. The van der Waals surface area contributed by atoms with Gasteiger partial charge < -0.3 is 14.6 Å². The summed E-state index contributed by atoms with van der Waals surface area (Å²) in [5, 5.41) is 10.7. The quantitative estimate of drug-likeness (QED) is 0.942. The lowest BCUT2D eigenvalue weighted by molar-refractivity contribution is 0.134. The largest absolute Gasteiger partial charge is 0.493 e. The molecule has 1 aromatic carbocycles. The molecule has 1 unspecified atom stereocenters. The lowest BCUT2D eigenvalue weighted by atomic mass is 9.92. The zero-order valence-corrected chi connectivity index (χ0v) is 13.2. The van der Waals surface area contributed by atoms with Crippen molar-refractivity contribution < 1.29 is 14.6 Å². The number of methoxy groups -OCH3 is 1. The molecular formula is C18H21NO3. The van der Waals surface area contributed by atoms with E-state index in [4.69, 9.17) is 9.47 Å². The third-order valence-electron chi connectivity index (χ3n) is 4.00. The Labute approximate surface area is 130 Å². The van der Waals surface area contributed by atoms with Gasteiger partial charge in [0.1, 0.15) is 5.60 Å². The number of benzene rings is 1. The Morgan fingerprint density at radius 2 is 2.00 bits per heavy atom. The standard InChI is InChI=1S/C18H21NO3/c1-18(2)11-14-13(4-5-16(21-3)17(14)22-18)15(20)10-12-6-8-19-9-7-12/h4-9,15,20H,10-11H2,1-3H3. The minimum absolute atomic E-state index is 0.276. The molecular weight excluding hydrogens is 278 g/mol. The number of hydrogen-bond acceptors (Lipinski definition) is 4. The van der Waals surface area contributed by atoms with Crippen molar-refractivity contribution in [3.8, 4) is 11.5 Å². The van der Waals surface area contributed by atoms with Crippen LogP contribution in [0.25, 0.3) is 0 Å². The fraction of sp³-hybridized carbons (Fsp3) is 0.389. The Balaban J connectivity index is 1.94. The molecule has 0 bridgehead atoms. The van der Waals surface area contributed by atoms with E-state index in [1.807, 2.05) is 38.1 Å². The number of aliphatic hydroxyl groups excluding tert-OH is 1. The fourth-order valence-corrected chi connectivity index (χ4v) is 2.98. The average molecular weight is 299 g/mol. The van der Waals surface area contributed by atoms with Crippen molar-refractivity contribution in [2.45, 2.75) is 38.4 Å². The SMILES string of the molecule is COc1ccc(C(O)Cc2ccncc2)c2c1OC(C)(C)C2. The summed E-state index contributed by atoms with van der Waals surface area (Å²) in [6.07, 6.45) is 4.24. The molecule has 3 rings (SSSR count). The van der Waals surface area contributed by atoms with Gasteiger partial charge in [-0.2, -0.15) is 0 Å². The molecule has 2 heterocycles. The molecule has 1 aromatic heterocycles. The Kier molecular flexibility index (Phi) is 3.79. The maximum absolute atomic E-state index is 10.7. The van der Waals surface area contributed by atoms with Gasteiger partial charge in [0, 0.05) is 30.8 Å². The molecule has 4 heteroatoms. The number of fused-ring (bicyclic) bond motifs is 1. The topological polar surface area (TPSA) is 51.6 Å². The highest BCUT2D eigenvalue weighted by Gasteiger charge is 2.35. The Bertz CT molecular complexity index is 668. The van der Waals surface area contributed by atoms with Crippen LogP contribution in [0.5, 0.6) is 11.5 Å². The van der Waals surface area contributed by atoms with Gasteiger partial charge in [-0.3, -0.25) is 4.98 Å². The molecule has 1 aliphatic heterocycles. The first-order chi connectivity index (χ1) is 10.5. The average Bonchev–Trinajstić information content (AvgIpc) is 2.82. The first-order valence-electron chi connectivity index (χ1n) is 7.46. The highest BCUT2D eigenvalue weighted by atomic mass is 16.5. The van der Waals surface area contributed by atoms with Crippen molar-refractivity contribution in [3.63, 3.8) is 0 Å². The van der Waals surface area contributed by atoms with Gasteiger partial charge in [0.15, 0.2) is 11.5 Å². The van der Waals surface area contributed by atoms with Gasteiger partial charge in [0.05, 0.1) is 13.2 Å². The number of pyridine rings is 1. The zero-order valence-electron chi connectivity index (χ0n) is 13.2. The van der Waals surface area contributed by atoms with E-state index in [0.717, 1.165) is 34.6 Å². The lowest BCUT2D eigenvalue weighted by Gasteiger charge is -2.17. The Morgan fingerprint density at radius 1 is 1.27 bits per heavy atom. The second-order valence-corrected chi connectivity index (χ2v) is 6.28. The van der Waals surface area contributed by atoms with Crippen molar-refractivity contribution in [1.82, 2.24) is 4.98 Å². The van der Waals surface area contributed by atoms with Crippen LogP contribution in [0.4, 0.5) is 0 Å². The smallest absolute Gasteiger partial charge is 0.165 e. The Morgan fingerprint density at radius 3 is 2.68 bits per heavy atom. The van der Waals surface area contributed by atoms with E-state index in [1.165, 1.54) is 0 Å². The van der Waals surface area contributed by atoms with Crippen LogP contribution < -0.4 is 9.47 Å². The van der Waals surface area contributed by atoms with E-state index in [-0.39, 0.29) is 5.60 Å². The van der Waals surface area contributed by atoms with Crippen molar-refractivity contribution in [2.24, 2.45) is 0 Å². The molecule has 0 fully saturated rings. The van der Waals surface area contributed by atoms with Gasteiger partial charge in [0.25, 0.3) is 0 Å². The monoisotopic (exact) mass is 299 g/mol. The summed E-state index contributed by atoms with van der Waals surface area (Å²) < 4.78 is 11.4. The number of rotatable bonds is 4. The van der Waals surface area contributed by atoms with Gasteiger partial charge in [0.2, 0.25) is 0 Å². The van der Waals surface area contributed by atoms with Crippen molar-refractivity contribution in [3.05, 3.63) is 53.3 Å². The fourth-order valence-electron chi connectivity index (χ4n) is 2.98. The molecule has 1 atom stereocenters. The molecule has 0 spiro atoms. The summed E-state index contributed by atoms with van der Waals surface area (Å²) in [6.45, 7) is 4.09. The lowest BCUT2D eigenvalue weighted by Crippen LogP contribution is -2.25. The minimum atomic E-state index is -0.570. The third kappa shape index (κ3) is 2.79. The van der Waals surface area contributed by atoms with E-state index in [2.05, 4.69) is 4.98 Å². The second kappa shape index (κ2) is 5.61. The van der Waals surface area contributed by atoms with E-state index >= 15 is 0 Å². The summed E-state index contributed by atoms with van der Waals surface area (Å²) in [5.41, 5.74) is 2.75. The molecule has 0 aliphatic carbocycles. The van der Waals surface area contributed by atoms with Crippen LogP contribution in [-0.2, 0) is 12.8 Å². The van der Waals surface area contributed by atoms with Crippen LogP contribution in [0.15, 0.2) is 36.7 Å². The molecule has 22 heavy (non-hydrogen) atoms. The molecule has 0 saturated carbocycles. The first-order valence-corrected chi connectivity index (χ1v) is 7.46. The maximum Gasteiger partial charge on any atom is 0.165 e. The second-order valence-electron chi connectivity index (χ2n) is 6.28. The van der Waals surface area contributed by atoms with Crippen LogP contribution in [-0.4, -0.2) is 22.8 Å². The molecule has 1 aliphatic rings. The third-order valence-corrected chi connectivity index (χ3v) is 4.00. The van der Waals surface area contributed by atoms with Gasteiger partial charge in [-0.15, -0.1) is 0 Å². The molecule has 116 valence electrons. The van der Waals surface area contributed by atoms with E-state index in [0.29, 0.717) is 6.42 Å². The van der Waals surface area contributed by atoms with Crippen LogP contribution in [0.1, 0.15) is 36.6 Å². The van der Waals surface area contributed by atoms with E-state index < -0.39 is 6.10 Å². The van der Waals surface area contributed by atoms with Crippen molar-refractivity contribution in [2.75, 3.05) is 7.11 Å². The molecule has 4 nitrogen and oxygen atoms in total. The number of aromatic nitrogens is 1. The highest BCUT2D eigenvalue weighted by molar-refractivity contribution is 5.55. The minimum Gasteiger partial charge on any atom is -0.493 e. The summed E-state index contributed by atoms with van der Waals surface area (Å²) in [7, 11) is 1.64. The number of hydrogen-bond donors (Lipinski definition) is 1. The van der Waals surface area contributed by atoms with Crippen molar-refractivity contribution >= 4 is 0 Å². The summed E-state index contributed by atoms with van der Waals surface area (Å²) >= 11 is 0. The van der Waals surface area contributed by atoms with Crippen LogP contribution in [0.3, 0.4) is 0 Å². The number of aliphatic hydroxyl groups is 1. The van der Waals surface area contributed by atoms with Gasteiger partial charge in [-0.1, -0.05) is 6.07 Å². The van der Waals surface area contributed by atoms with Gasteiger partial charge >= 0.3 is 0 Å². The van der Waals surface area contributed by atoms with E-state index in [1.54, 1.807) is 19.5 Å². The Hall–Kier alpha value is -2.07. The number of nitrogens with zero attached hydrogens (tertiary/aromatic N) is 1.